The number of nitrogens with zero attached hydrogens (tertiary/aromatic N) is 1. The second kappa shape index (κ2) is 6.03. The monoisotopic (exact) mass is 219 g/mol. The molecule has 0 aromatic carbocycles. The molecule has 0 saturated heterocycles. The number of hydrogen-bond donors (Lipinski definition) is 0. The van der Waals surface area contributed by atoms with Gasteiger partial charge < -0.3 is 0 Å². The summed E-state index contributed by atoms with van der Waals surface area (Å²) in [6.07, 6.45) is 12.4. The third-order valence-electron chi connectivity index (χ3n) is 3.61. The van der Waals surface area contributed by atoms with Gasteiger partial charge in [-0.1, -0.05) is 33.3 Å². The van der Waals surface area contributed by atoms with Crippen molar-refractivity contribution in [3.63, 3.8) is 0 Å². The van der Waals surface area contributed by atoms with Gasteiger partial charge in [-0.2, -0.15) is 0 Å². The molecule has 0 atom stereocenters. The maximum atomic E-state index is 4.24. The minimum absolute atomic E-state index is 0.499. The average Bonchev–Trinajstić information content (AvgIpc) is 2.44. The maximum Gasteiger partial charge on any atom is 0.0295 e. The summed E-state index contributed by atoms with van der Waals surface area (Å²) in [5.74, 6) is 0. The van der Waals surface area contributed by atoms with E-state index in [1.54, 1.807) is 0 Å². The first kappa shape index (κ1) is 13.2. The molecule has 1 rings (SSSR count). The van der Waals surface area contributed by atoms with Crippen molar-refractivity contribution < 1.29 is 0 Å². The van der Waals surface area contributed by atoms with Gasteiger partial charge in [-0.25, -0.2) is 0 Å². The van der Waals surface area contributed by atoms with Crippen LogP contribution >= 0.6 is 0 Å². The van der Waals surface area contributed by atoms with Gasteiger partial charge in [0, 0.05) is 18.8 Å². The van der Waals surface area contributed by atoms with E-state index in [1.807, 2.05) is 12.4 Å². The fourth-order valence-electron chi connectivity index (χ4n) is 1.90. The summed E-state index contributed by atoms with van der Waals surface area (Å²) in [5.41, 5.74) is 3.33. The average molecular weight is 219 g/mol. The summed E-state index contributed by atoms with van der Waals surface area (Å²) in [7, 11) is 0. The van der Waals surface area contributed by atoms with Crippen LogP contribution in [0.4, 0.5) is 0 Å². The molecule has 0 saturated carbocycles. The smallest absolute Gasteiger partial charge is 0.0295 e. The first-order valence-corrected chi connectivity index (χ1v) is 6.43. The van der Waals surface area contributed by atoms with E-state index in [1.165, 1.54) is 36.8 Å². The molecular weight excluding hydrogens is 194 g/mol. The predicted molar refractivity (Wildman–Crippen MR) is 72.9 cm³/mol. The van der Waals surface area contributed by atoms with Crippen LogP contribution in [0.25, 0.3) is 0 Å². The molecule has 1 heteroatoms. The van der Waals surface area contributed by atoms with Crippen molar-refractivity contribution in [3.05, 3.63) is 23.4 Å². The zero-order valence-corrected chi connectivity index (χ0v) is 11.2. The number of hydrogen-bond acceptors (Lipinski definition) is 1. The molecule has 16 heavy (non-hydrogen) atoms. The minimum Gasteiger partial charge on any atom is -0.268 e. The molecule has 1 nitrogen and oxygen atoms in total. The van der Waals surface area contributed by atoms with Crippen molar-refractivity contribution >= 4 is 6.21 Å². The van der Waals surface area contributed by atoms with Gasteiger partial charge in [0.15, 0.2) is 0 Å². The summed E-state index contributed by atoms with van der Waals surface area (Å²) in [4.78, 5) is 4.24. The molecule has 0 N–H and O–H groups in total. The summed E-state index contributed by atoms with van der Waals surface area (Å²) < 4.78 is 0. The van der Waals surface area contributed by atoms with E-state index < -0.39 is 0 Å². The Bertz CT molecular complexity index is 305. The molecular formula is C15H25N. The SMILES string of the molecule is CCC(C)(C)CCCC1=CCC=NC=C1C. The molecule has 0 unspecified atom stereocenters. The fraction of sp³-hybridized carbons (Fsp3) is 0.667. The quantitative estimate of drug-likeness (QED) is 0.623. The molecule has 0 aromatic rings. The van der Waals surface area contributed by atoms with Crippen LogP contribution in [-0.2, 0) is 0 Å². The fourth-order valence-corrected chi connectivity index (χ4v) is 1.90. The Morgan fingerprint density at radius 1 is 1.38 bits per heavy atom. The lowest BCUT2D eigenvalue weighted by Crippen LogP contribution is -2.09. The molecule has 0 radical (unpaired) electrons. The van der Waals surface area contributed by atoms with Crippen LogP contribution < -0.4 is 0 Å². The third kappa shape index (κ3) is 4.34. The highest BCUT2D eigenvalue weighted by Crippen LogP contribution is 2.29. The molecule has 0 bridgehead atoms. The Morgan fingerprint density at radius 2 is 2.12 bits per heavy atom. The van der Waals surface area contributed by atoms with Crippen molar-refractivity contribution in [2.24, 2.45) is 10.4 Å². The highest BCUT2D eigenvalue weighted by Gasteiger charge is 2.14. The molecule has 90 valence electrons. The van der Waals surface area contributed by atoms with Crippen LogP contribution in [0.2, 0.25) is 0 Å². The minimum atomic E-state index is 0.499. The highest BCUT2D eigenvalue weighted by molar-refractivity contribution is 5.62. The first-order valence-electron chi connectivity index (χ1n) is 6.43. The van der Waals surface area contributed by atoms with Crippen molar-refractivity contribution in [1.29, 1.82) is 0 Å². The second-order valence-corrected chi connectivity index (χ2v) is 5.48. The summed E-state index contributed by atoms with van der Waals surface area (Å²) in [5, 5.41) is 0. The lowest BCUT2D eigenvalue weighted by Gasteiger charge is -2.22. The molecule has 1 aliphatic rings. The Labute approximate surface area is 100 Å². The zero-order valence-electron chi connectivity index (χ0n) is 11.2. The Kier molecular flexibility index (Phi) is 4.98. The van der Waals surface area contributed by atoms with Crippen LogP contribution in [0.5, 0.6) is 0 Å². The Balaban J connectivity index is 2.41. The van der Waals surface area contributed by atoms with Crippen molar-refractivity contribution in [2.75, 3.05) is 0 Å². The number of aliphatic imine (C=N–C) groups is 1. The molecule has 0 amide bonds. The number of rotatable bonds is 5. The Hall–Kier alpha value is -0.850. The van der Waals surface area contributed by atoms with Gasteiger partial charge >= 0.3 is 0 Å². The van der Waals surface area contributed by atoms with Crippen LogP contribution in [0.3, 0.4) is 0 Å². The van der Waals surface area contributed by atoms with E-state index >= 15 is 0 Å². The van der Waals surface area contributed by atoms with E-state index in [0.717, 1.165) is 6.42 Å². The van der Waals surface area contributed by atoms with Crippen molar-refractivity contribution in [1.82, 2.24) is 0 Å². The van der Waals surface area contributed by atoms with Gasteiger partial charge in [0.25, 0.3) is 0 Å². The van der Waals surface area contributed by atoms with Gasteiger partial charge in [0.05, 0.1) is 0 Å². The first-order chi connectivity index (χ1) is 7.55. The highest BCUT2D eigenvalue weighted by atomic mass is 14.7. The predicted octanol–water partition coefficient (Wildman–Crippen LogP) is 4.90. The van der Waals surface area contributed by atoms with Gasteiger partial charge in [0.1, 0.15) is 0 Å². The lowest BCUT2D eigenvalue weighted by molar-refractivity contribution is 0.313. The normalized spacial score (nSPS) is 16.8. The maximum absolute atomic E-state index is 4.24. The van der Waals surface area contributed by atoms with E-state index in [0.29, 0.717) is 5.41 Å². The van der Waals surface area contributed by atoms with Gasteiger partial charge in [-0.3, -0.25) is 4.99 Å². The topological polar surface area (TPSA) is 12.4 Å². The summed E-state index contributed by atoms with van der Waals surface area (Å²) in [6.45, 7) is 9.17. The van der Waals surface area contributed by atoms with E-state index in [-0.39, 0.29) is 0 Å². The summed E-state index contributed by atoms with van der Waals surface area (Å²) in [6, 6.07) is 0. The summed E-state index contributed by atoms with van der Waals surface area (Å²) >= 11 is 0. The number of allylic oxidation sites excluding steroid dienone is 3. The Morgan fingerprint density at radius 3 is 2.81 bits per heavy atom. The van der Waals surface area contributed by atoms with Crippen LogP contribution in [0, 0.1) is 5.41 Å². The molecule has 1 aliphatic heterocycles. The van der Waals surface area contributed by atoms with Crippen LogP contribution in [-0.4, -0.2) is 6.21 Å². The molecule has 0 aliphatic carbocycles. The van der Waals surface area contributed by atoms with E-state index in [2.05, 4.69) is 38.8 Å². The van der Waals surface area contributed by atoms with Crippen molar-refractivity contribution in [3.8, 4) is 0 Å². The van der Waals surface area contributed by atoms with E-state index in [4.69, 9.17) is 0 Å². The largest absolute Gasteiger partial charge is 0.268 e. The molecule has 0 fully saturated rings. The molecule has 1 heterocycles. The second-order valence-electron chi connectivity index (χ2n) is 5.48. The third-order valence-corrected chi connectivity index (χ3v) is 3.61. The molecule has 0 spiro atoms. The van der Waals surface area contributed by atoms with Gasteiger partial charge in [0.2, 0.25) is 0 Å². The zero-order chi connectivity index (χ0) is 12.0. The van der Waals surface area contributed by atoms with E-state index in [9.17, 15) is 0 Å². The standard InChI is InChI=1S/C15H25N/c1-5-15(3,4)10-6-8-14-9-7-11-16-12-13(14)2/h9,11-12H,5-8,10H2,1-4H3. The lowest BCUT2D eigenvalue weighted by atomic mass is 9.83. The van der Waals surface area contributed by atoms with Crippen molar-refractivity contribution in [2.45, 2.75) is 59.8 Å². The van der Waals surface area contributed by atoms with Gasteiger partial charge in [-0.05, 0) is 42.7 Å². The van der Waals surface area contributed by atoms with Crippen LogP contribution in [0.1, 0.15) is 59.8 Å². The van der Waals surface area contributed by atoms with Crippen LogP contribution in [0.15, 0.2) is 28.4 Å². The van der Waals surface area contributed by atoms with Gasteiger partial charge in [-0.15, -0.1) is 0 Å². The molecule has 0 aromatic heterocycles.